The van der Waals surface area contributed by atoms with Crippen molar-refractivity contribution in [1.82, 2.24) is 15.3 Å². The summed E-state index contributed by atoms with van der Waals surface area (Å²) >= 11 is 6.87. The van der Waals surface area contributed by atoms with Gasteiger partial charge in [-0.15, -0.1) is 0 Å². The fourth-order valence-electron chi connectivity index (χ4n) is 2.06. The van der Waals surface area contributed by atoms with Crippen molar-refractivity contribution in [3.05, 3.63) is 44.7 Å². The van der Waals surface area contributed by atoms with E-state index in [0.717, 1.165) is 20.4 Å². The summed E-state index contributed by atoms with van der Waals surface area (Å²) in [6.45, 7) is 0.536. The number of rotatable bonds is 2. The average molecular weight is 413 g/mol. The fourth-order valence-corrected chi connectivity index (χ4v) is 2.98. The standard InChI is InChI=1S/C13H11Br2N5O/c14-10-9-7(19-20-8-3-1-2-5-16-8)4-6-17-13(21)11(9)18-12(10)15/h1-3,5,18H,4,6H2,(H,16,20)(H,17,21). The Morgan fingerprint density at radius 3 is 2.95 bits per heavy atom. The van der Waals surface area contributed by atoms with Gasteiger partial charge in [0, 0.05) is 24.7 Å². The smallest absolute Gasteiger partial charge is 0.268 e. The molecule has 1 aliphatic heterocycles. The monoisotopic (exact) mass is 411 g/mol. The van der Waals surface area contributed by atoms with Gasteiger partial charge in [0.1, 0.15) is 11.5 Å². The molecular weight excluding hydrogens is 402 g/mol. The second kappa shape index (κ2) is 5.98. The van der Waals surface area contributed by atoms with Crippen molar-refractivity contribution < 1.29 is 4.79 Å². The Kier molecular flexibility index (Phi) is 4.07. The predicted octanol–water partition coefficient (Wildman–Crippen LogP) is 2.88. The van der Waals surface area contributed by atoms with Crippen LogP contribution in [-0.4, -0.2) is 28.1 Å². The summed E-state index contributed by atoms with van der Waals surface area (Å²) in [4.78, 5) is 19.2. The molecule has 1 aliphatic rings. The first kappa shape index (κ1) is 14.3. The molecular formula is C13H11Br2N5O. The minimum atomic E-state index is -0.139. The van der Waals surface area contributed by atoms with Crippen LogP contribution in [0.3, 0.4) is 0 Å². The molecule has 3 heterocycles. The summed E-state index contributed by atoms with van der Waals surface area (Å²) in [5.41, 5.74) is 4.96. The number of carbonyl (C=O) groups is 1. The van der Waals surface area contributed by atoms with E-state index in [0.29, 0.717) is 24.5 Å². The van der Waals surface area contributed by atoms with E-state index < -0.39 is 0 Å². The molecule has 2 aromatic heterocycles. The SMILES string of the molecule is O=C1NCCC(=NNc2ccccn2)c2c1[nH]c(Br)c2Br. The average Bonchev–Trinajstić information content (AvgIpc) is 2.70. The van der Waals surface area contributed by atoms with Gasteiger partial charge in [-0.1, -0.05) is 6.07 Å². The summed E-state index contributed by atoms with van der Waals surface area (Å²) in [7, 11) is 0. The van der Waals surface area contributed by atoms with Gasteiger partial charge in [-0.05, 0) is 44.0 Å². The molecule has 1 amide bonds. The summed E-state index contributed by atoms with van der Waals surface area (Å²) in [5.74, 6) is 0.514. The Labute approximate surface area is 137 Å². The lowest BCUT2D eigenvalue weighted by Gasteiger charge is -2.05. The summed E-state index contributed by atoms with van der Waals surface area (Å²) < 4.78 is 1.51. The quantitative estimate of drug-likeness (QED) is 0.663. The molecule has 8 heteroatoms. The van der Waals surface area contributed by atoms with Crippen LogP contribution in [0.5, 0.6) is 0 Å². The van der Waals surface area contributed by atoms with Crippen LogP contribution in [0, 0.1) is 0 Å². The Morgan fingerprint density at radius 2 is 2.19 bits per heavy atom. The molecule has 0 fully saturated rings. The van der Waals surface area contributed by atoms with Gasteiger partial charge in [-0.2, -0.15) is 5.10 Å². The number of H-pyrrole nitrogens is 1. The molecule has 0 saturated carbocycles. The third-order valence-corrected chi connectivity index (χ3v) is 4.95. The molecule has 3 N–H and O–H groups in total. The van der Waals surface area contributed by atoms with E-state index in [4.69, 9.17) is 0 Å². The maximum absolute atomic E-state index is 12.0. The predicted molar refractivity (Wildman–Crippen MR) is 87.5 cm³/mol. The van der Waals surface area contributed by atoms with E-state index in [-0.39, 0.29) is 5.91 Å². The number of nitrogens with zero attached hydrogens (tertiary/aromatic N) is 2. The van der Waals surface area contributed by atoms with Gasteiger partial charge >= 0.3 is 0 Å². The Morgan fingerprint density at radius 1 is 1.33 bits per heavy atom. The molecule has 3 rings (SSSR count). The zero-order valence-corrected chi connectivity index (χ0v) is 14.0. The second-order valence-corrected chi connectivity index (χ2v) is 5.98. The minimum absolute atomic E-state index is 0.139. The van der Waals surface area contributed by atoms with Crippen molar-refractivity contribution in [2.75, 3.05) is 12.0 Å². The number of pyridine rings is 1. The fraction of sp³-hybridized carbons (Fsp3) is 0.154. The van der Waals surface area contributed by atoms with Gasteiger partial charge in [-0.3, -0.25) is 10.2 Å². The molecule has 21 heavy (non-hydrogen) atoms. The van der Waals surface area contributed by atoms with E-state index in [1.807, 2.05) is 18.2 Å². The first-order chi connectivity index (χ1) is 10.2. The Hall–Kier alpha value is -1.67. The zero-order chi connectivity index (χ0) is 14.8. The van der Waals surface area contributed by atoms with Crippen LogP contribution in [0.1, 0.15) is 22.5 Å². The van der Waals surface area contributed by atoms with Crippen molar-refractivity contribution >= 4 is 49.3 Å². The summed E-state index contributed by atoms with van der Waals surface area (Å²) in [6.07, 6.45) is 2.32. The summed E-state index contributed by atoms with van der Waals surface area (Å²) in [6, 6.07) is 5.54. The van der Waals surface area contributed by atoms with Crippen LogP contribution in [0.15, 0.2) is 38.6 Å². The molecule has 0 atom stereocenters. The van der Waals surface area contributed by atoms with Crippen LogP contribution in [-0.2, 0) is 0 Å². The Balaban J connectivity index is 1.99. The van der Waals surface area contributed by atoms with Gasteiger partial charge in [-0.25, -0.2) is 4.98 Å². The molecule has 108 valence electrons. The molecule has 0 saturated heterocycles. The number of aromatic amines is 1. The lowest BCUT2D eigenvalue weighted by atomic mass is 10.1. The molecule has 0 bridgehead atoms. The van der Waals surface area contributed by atoms with Crippen LogP contribution < -0.4 is 10.7 Å². The number of hydrazone groups is 1. The van der Waals surface area contributed by atoms with E-state index in [9.17, 15) is 4.79 Å². The summed E-state index contributed by atoms with van der Waals surface area (Å²) in [5, 5.41) is 7.24. The number of fused-ring (bicyclic) bond motifs is 1. The molecule has 0 spiro atoms. The van der Waals surface area contributed by atoms with Gasteiger partial charge in [0.25, 0.3) is 5.91 Å². The van der Waals surface area contributed by atoms with Crippen LogP contribution in [0.2, 0.25) is 0 Å². The van der Waals surface area contributed by atoms with Gasteiger partial charge in [0.2, 0.25) is 0 Å². The van der Waals surface area contributed by atoms with Gasteiger partial charge in [0.15, 0.2) is 0 Å². The number of nitrogens with one attached hydrogen (secondary N) is 3. The lowest BCUT2D eigenvalue weighted by Crippen LogP contribution is -2.23. The van der Waals surface area contributed by atoms with E-state index >= 15 is 0 Å². The number of anilines is 1. The van der Waals surface area contributed by atoms with Crippen molar-refractivity contribution in [3.63, 3.8) is 0 Å². The van der Waals surface area contributed by atoms with Crippen molar-refractivity contribution in [3.8, 4) is 0 Å². The number of amides is 1. The highest BCUT2D eigenvalue weighted by atomic mass is 79.9. The van der Waals surface area contributed by atoms with E-state index in [2.05, 4.69) is 57.7 Å². The molecule has 0 aliphatic carbocycles. The molecule has 2 aromatic rings. The van der Waals surface area contributed by atoms with E-state index in [1.165, 1.54) is 0 Å². The molecule has 0 aromatic carbocycles. The van der Waals surface area contributed by atoms with Crippen molar-refractivity contribution in [1.29, 1.82) is 0 Å². The normalized spacial score (nSPS) is 16.3. The maximum Gasteiger partial charge on any atom is 0.268 e. The number of halogens is 2. The van der Waals surface area contributed by atoms with Crippen molar-refractivity contribution in [2.45, 2.75) is 6.42 Å². The first-order valence-corrected chi connectivity index (χ1v) is 7.84. The van der Waals surface area contributed by atoms with Crippen LogP contribution >= 0.6 is 31.9 Å². The highest BCUT2D eigenvalue weighted by molar-refractivity contribution is 9.13. The van der Waals surface area contributed by atoms with E-state index in [1.54, 1.807) is 6.20 Å². The zero-order valence-electron chi connectivity index (χ0n) is 10.8. The molecule has 0 unspecified atom stereocenters. The lowest BCUT2D eigenvalue weighted by molar-refractivity contribution is 0.0951. The maximum atomic E-state index is 12.0. The largest absolute Gasteiger partial charge is 0.350 e. The first-order valence-electron chi connectivity index (χ1n) is 6.26. The number of hydrogen-bond donors (Lipinski definition) is 3. The Bertz CT molecular complexity index is 711. The topological polar surface area (TPSA) is 82.2 Å². The number of carbonyl (C=O) groups excluding carboxylic acids is 1. The highest BCUT2D eigenvalue weighted by Crippen LogP contribution is 2.31. The highest BCUT2D eigenvalue weighted by Gasteiger charge is 2.26. The molecule has 6 nitrogen and oxygen atoms in total. The second-order valence-electron chi connectivity index (χ2n) is 4.39. The van der Waals surface area contributed by atoms with Crippen molar-refractivity contribution in [2.24, 2.45) is 5.10 Å². The number of hydrogen-bond acceptors (Lipinski definition) is 4. The molecule has 0 radical (unpaired) electrons. The van der Waals surface area contributed by atoms with Crippen LogP contribution in [0.25, 0.3) is 0 Å². The van der Waals surface area contributed by atoms with Gasteiger partial charge in [0.05, 0.1) is 14.8 Å². The third-order valence-electron chi connectivity index (χ3n) is 3.03. The van der Waals surface area contributed by atoms with Crippen LogP contribution in [0.4, 0.5) is 5.82 Å². The van der Waals surface area contributed by atoms with Gasteiger partial charge < -0.3 is 10.3 Å². The third kappa shape index (κ3) is 2.86. The minimum Gasteiger partial charge on any atom is -0.350 e. The number of aromatic nitrogens is 2.